The number of aliphatic hydroxyl groups is 2. The summed E-state index contributed by atoms with van der Waals surface area (Å²) in [6, 6.07) is 3.84. The second-order valence-corrected chi connectivity index (χ2v) is 9.27. The standard InChI is InChI=1S/C22H20ClF3N8O6/c23-20-31-15(27)12-16(32-20)34(8-29-12)17-14(36)13(35)11(40-17)6-39-21(19(37)38,18-28-7-30-33-18)5-9-1-3-10(4-2-9)22(24,25)26/h1-4,8,11,13-14,17,35-36H,5-7H2,(H,37,38)(H2,27,31,32)/t11-,13-,14-,17-,21?/m1/s1. The number of ether oxygens (including phenoxy) is 2. The fourth-order valence-electron chi connectivity index (χ4n) is 4.38. The van der Waals surface area contributed by atoms with Gasteiger partial charge in [0.2, 0.25) is 10.9 Å². The molecule has 1 unspecified atom stereocenters. The number of hydrogen-bond acceptors (Lipinski definition) is 12. The molecule has 3 aromatic rings. The topological polar surface area (TPSA) is 203 Å². The number of aliphatic hydroxyl groups excluding tert-OH is 2. The number of carbonyl (C=O) groups is 1. The lowest BCUT2D eigenvalue weighted by Crippen LogP contribution is -2.52. The van der Waals surface area contributed by atoms with Crippen molar-refractivity contribution in [3.8, 4) is 0 Å². The second-order valence-electron chi connectivity index (χ2n) is 8.93. The summed E-state index contributed by atoms with van der Waals surface area (Å²) >= 11 is 5.89. The molecule has 5 N–H and O–H groups in total. The van der Waals surface area contributed by atoms with Crippen molar-refractivity contribution >= 4 is 40.4 Å². The zero-order valence-corrected chi connectivity index (χ0v) is 20.9. The number of aliphatic imine (C=N–C) groups is 1. The minimum Gasteiger partial charge on any atom is -0.479 e. The molecule has 2 aliphatic heterocycles. The molecule has 5 rings (SSSR count). The Morgan fingerprint density at radius 2 is 1.93 bits per heavy atom. The fourth-order valence-corrected chi connectivity index (χ4v) is 4.55. The van der Waals surface area contributed by atoms with Gasteiger partial charge in [-0.05, 0) is 29.3 Å². The summed E-state index contributed by atoms with van der Waals surface area (Å²) < 4.78 is 51.9. The summed E-state index contributed by atoms with van der Waals surface area (Å²) in [6.07, 6.45) is -9.46. The summed E-state index contributed by atoms with van der Waals surface area (Å²) in [5.74, 6) is -1.91. The Labute approximate surface area is 227 Å². The van der Waals surface area contributed by atoms with Crippen molar-refractivity contribution in [2.45, 2.75) is 42.7 Å². The van der Waals surface area contributed by atoms with Gasteiger partial charge in [-0.15, -0.1) is 5.11 Å². The number of anilines is 1. The van der Waals surface area contributed by atoms with Crippen molar-refractivity contribution in [2.24, 2.45) is 15.2 Å². The van der Waals surface area contributed by atoms with E-state index in [-0.39, 0.29) is 40.3 Å². The van der Waals surface area contributed by atoms with Gasteiger partial charge < -0.3 is 30.5 Å². The highest BCUT2D eigenvalue weighted by molar-refractivity contribution is 6.28. The molecule has 40 heavy (non-hydrogen) atoms. The van der Waals surface area contributed by atoms with Crippen LogP contribution in [-0.2, 0) is 26.9 Å². The Morgan fingerprint density at radius 1 is 1.20 bits per heavy atom. The molecule has 212 valence electrons. The molecule has 14 nitrogen and oxygen atoms in total. The SMILES string of the molecule is Nc1nc(Cl)nc2c1ncn2[C@@H]1O[C@H](COC(Cc2ccc(C(F)(F)F)cc2)(C(=O)O)C2=NCN=N2)[C@@H](O)[C@H]1O. The molecule has 0 saturated carbocycles. The first-order valence-electron chi connectivity index (χ1n) is 11.5. The molecule has 2 aliphatic rings. The number of rotatable bonds is 8. The highest BCUT2D eigenvalue weighted by Crippen LogP contribution is 2.35. The van der Waals surface area contributed by atoms with Crippen molar-refractivity contribution < 1.29 is 42.8 Å². The average Bonchev–Trinajstić information content (AvgIpc) is 3.63. The lowest BCUT2D eigenvalue weighted by atomic mass is 9.92. The number of carboxylic acids is 1. The largest absolute Gasteiger partial charge is 0.479 e. The van der Waals surface area contributed by atoms with Crippen LogP contribution in [0, 0.1) is 0 Å². The Bertz CT molecular complexity index is 1500. The second kappa shape index (κ2) is 10.3. The average molecular weight is 585 g/mol. The van der Waals surface area contributed by atoms with E-state index in [9.17, 15) is 33.3 Å². The number of aliphatic carboxylic acids is 1. The third kappa shape index (κ3) is 4.97. The number of amidine groups is 1. The van der Waals surface area contributed by atoms with Crippen LogP contribution in [-0.4, -0.2) is 83.8 Å². The maximum atomic E-state index is 13.0. The first kappa shape index (κ1) is 27.8. The van der Waals surface area contributed by atoms with Gasteiger partial charge in [0.25, 0.3) is 0 Å². The highest BCUT2D eigenvalue weighted by Gasteiger charge is 2.50. The number of aromatic nitrogens is 4. The number of alkyl halides is 3. The molecule has 1 saturated heterocycles. The van der Waals surface area contributed by atoms with E-state index in [0.717, 1.165) is 24.3 Å². The minimum absolute atomic E-state index is 0.0253. The van der Waals surface area contributed by atoms with Crippen molar-refractivity contribution in [1.82, 2.24) is 19.5 Å². The fraction of sp³-hybridized carbons (Fsp3) is 0.409. The third-order valence-electron chi connectivity index (χ3n) is 6.42. The number of fused-ring (bicyclic) bond motifs is 1. The van der Waals surface area contributed by atoms with Crippen molar-refractivity contribution in [2.75, 3.05) is 19.0 Å². The number of halogens is 4. The zero-order chi connectivity index (χ0) is 28.8. The van der Waals surface area contributed by atoms with Gasteiger partial charge >= 0.3 is 12.1 Å². The van der Waals surface area contributed by atoms with Gasteiger partial charge in [0.15, 0.2) is 30.2 Å². The van der Waals surface area contributed by atoms with E-state index in [1.807, 2.05) is 0 Å². The molecule has 5 atom stereocenters. The normalized spacial score (nSPS) is 24.4. The number of hydrogen-bond donors (Lipinski definition) is 4. The van der Waals surface area contributed by atoms with Crippen LogP contribution in [0.25, 0.3) is 11.2 Å². The molecule has 0 aliphatic carbocycles. The summed E-state index contributed by atoms with van der Waals surface area (Å²) in [4.78, 5) is 28.4. The third-order valence-corrected chi connectivity index (χ3v) is 6.59. The van der Waals surface area contributed by atoms with E-state index < -0.39 is 60.9 Å². The van der Waals surface area contributed by atoms with E-state index in [1.165, 1.54) is 10.9 Å². The van der Waals surface area contributed by atoms with Crippen LogP contribution in [0.15, 0.2) is 45.8 Å². The molecule has 0 radical (unpaired) electrons. The predicted molar refractivity (Wildman–Crippen MR) is 129 cm³/mol. The van der Waals surface area contributed by atoms with Crippen molar-refractivity contribution in [3.05, 3.63) is 47.0 Å². The summed E-state index contributed by atoms with van der Waals surface area (Å²) in [7, 11) is 0. The number of carboxylic acid groups (broad SMARTS) is 1. The number of azo groups is 1. The molecule has 4 heterocycles. The van der Waals surface area contributed by atoms with Crippen molar-refractivity contribution in [1.29, 1.82) is 0 Å². The maximum Gasteiger partial charge on any atom is 0.416 e. The minimum atomic E-state index is -4.58. The Balaban J connectivity index is 1.40. The maximum absolute atomic E-state index is 13.0. The number of nitrogens with zero attached hydrogens (tertiary/aromatic N) is 7. The molecule has 18 heteroatoms. The van der Waals surface area contributed by atoms with E-state index in [4.69, 9.17) is 26.8 Å². The lowest BCUT2D eigenvalue weighted by Gasteiger charge is -2.29. The molecule has 0 amide bonds. The van der Waals surface area contributed by atoms with Crippen LogP contribution >= 0.6 is 11.6 Å². The van der Waals surface area contributed by atoms with Gasteiger partial charge in [0.05, 0.1) is 18.5 Å². The monoisotopic (exact) mass is 584 g/mol. The van der Waals surface area contributed by atoms with Gasteiger partial charge in [-0.2, -0.15) is 28.3 Å². The first-order chi connectivity index (χ1) is 18.9. The number of nitrogens with two attached hydrogens (primary N) is 1. The lowest BCUT2D eigenvalue weighted by molar-refractivity contribution is -0.162. The van der Waals surface area contributed by atoms with Gasteiger partial charge in [0.1, 0.15) is 23.8 Å². The molecular formula is C22H20ClF3N8O6. The Morgan fingerprint density at radius 3 is 2.55 bits per heavy atom. The quantitative estimate of drug-likeness (QED) is 0.282. The van der Waals surface area contributed by atoms with Crippen LogP contribution in [0.2, 0.25) is 5.28 Å². The molecule has 2 aromatic heterocycles. The molecule has 1 aromatic carbocycles. The number of imidazole rings is 1. The Hall–Kier alpha value is -3.77. The zero-order valence-electron chi connectivity index (χ0n) is 20.1. The highest BCUT2D eigenvalue weighted by atomic mass is 35.5. The van der Waals surface area contributed by atoms with Crippen LogP contribution < -0.4 is 5.73 Å². The summed E-state index contributed by atoms with van der Waals surface area (Å²) in [5.41, 5.74) is 3.04. The molecule has 0 bridgehead atoms. The smallest absolute Gasteiger partial charge is 0.416 e. The summed E-state index contributed by atoms with van der Waals surface area (Å²) in [5, 5.41) is 38.9. The number of benzene rings is 1. The van der Waals surface area contributed by atoms with Crippen LogP contribution in [0.4, 0.5) is 19.0 Å². The molecule has 0 spiro atoms. The molecule has 1 fully saturated rings. The van der Waals surface area contributed by atoms with Crippen molar-refractivity contribution in [3.63, 3.8) is 0 Å². The number of nitrogen functional groups attached to an aromatic ring is 1. The predicted octanol–water partition coefficient (Wildman–Crippen LogP) is 1.60. The van der Waals surface area contributed by atoms with Gasteiger partial charge in [-0.1, -0.05) is 12.1 Å². The van der Waals surface area contributed by atoms with E-state index in [1.54, 1.807) is 0 Å². The van der Waals surface area contributed by atoms with Gasteiger partial charge in [0, 0.05) is 6.42 Å². The van der Waals surface area contributed by atoms with Crippen LogP contribution in [0.3, 0.4) is 0 Å². The molecular weight excluding hydrogens is 565 g/mol. The van der Waals surface area contributed by atoms with Gasteiger partial charge in [-0.3, -0.25) is 4.57 Å². The van der Waals surface area contributed by atoms with Crippen LogP contribution in [0.5, 0.6) is 0 Å². The Kier molecular flexibility index (Phi) is 7.17. The van der Waals surface area contributed by atoms with E-state index >= 15 is 0 Å². The first-order valence-corrected chi connectivity index (χ1v) is 11.9. The van der Waals surface area contributed by atoms with E-state index in [0.29, 0.717) is 0 Å². The van der Waals surface area contributed by atoms with E-state index in [2.05, 4.69) is 30.2 Å². The van der Waals surface area contributed by atoms with Gasteiger partial charge in [-0.25, -0.2) is 14.8 Å². The van der Waals surface area contributed by atoms with Crippen LogP contribution in [0.1, 0.15) is 17.4 Å². The summed E-state index contributed by atoms with van der Waals surface area (Å²) in [6.45, 7) is -0.772.